The van der Waals surface area contributed by atoms with Gasteiger partial charge in [0, 0.05) is 5.02 Å². The van der Waals surface area contributed by atoms with Crippen molar-refractivity contribution < 1.29 is 23.8 Å². The van der Waals surface area contributed by atoms with Crippen LogP contribution in [0.5, 0.6) is 17.2 Å². The van der Waals surface area contributed by atoms with Crippen LogP contribution in [-0.2, 0) is 4.79 Å². The number of carbonyl (C=O) groups excluding carboxylic acids is 2. The lowest BCUT2D eigenvalue weighted by atomic mass is 10.2. The second kappa shape index (κ2) is 12.4. The summed E-state index contributed by atoms with van der Waals surface area (Å²) in [6.45, 7) is 4.27. The maximum absolute atomic E-state index is 12.3. The van der Waals surface area contributed by atoms with Gasteiger partial charge in [0.15, 0.2) is 6.10 Å². The predicted octanol–water partition coefficient (Wildman–Crippen LogP) is 5.27. The van der Waals surface area contributed by atoms with E-state index in [0.717, 1.165) is 6.42 Å². The topological polar surface area (TPSA) is 86.2 Å². The summed E-state index contributed by atoms with van der Waals surface area (Å²) in [6.07, 6.45) is 1.65. The molecule has 0 heterocycles. The minimum absolute atomic E-state index is 0.391. The zero-order chi connectivity index (χ0) is 24.3. The van der Waals surface area contributed by atoms with E-state index in [0.29, 0.717) is 40.0 Å². The molecule has 0 saturated carbocycles. The molecule has 1 amide bonds. The number of hydrazone groups is 1. The Labute approximate surface area is 203 Å². The summed E-state index contributed by atoms with van der Waals surface area (Å²) < 4.78 is 16.5. The molecule has 0 saturated heterocycles. The molecule has 0 aliphatic carbocycles. The first-order valence-electron chi connectivity index (χ1n) is 10.7. The SMILES string of the molecule is CCCOc1ccc(C(=O)Oc2ccc(/C=N\NC(=O)[C@H](C)Oc3ccc(Cl)cc3)cc2)cc1. The van der Waals surface area contributed by atoms with Crippen LogP contribution in [0.4, 0.5) is 0 Å². The number of esters is 1. The maximum atomic E-state index is 12.3. The Morgan fingerprint density at radius 2 is 1.56 bits per heavy atom. The smallest absolute Gasteiger partial charge is 0.343 e. The summed E-state index contributed by atoms with van der Waals surface area (Å²) in [5.74, 6) is 0.762. The van der Waals surface area contributed by atoms with Crippen molar-refractivity contribution in [2.75, 3.05) is 6.61 Å². The van der Waals surface area contributed by atoms with Crippen molar-refractivity contribution in [1.82, 2.24) is 5.43 Å². The number of rotatable bonds is 10. The maximum Gasteiger partial charge on any atom is 0.343 e. The van der Waals surface area contributed by atoms with E-state index in [-0.39, 0.29) is 0 Å². The fourth-order valence-corrected chi connectivity index (χ4v) is 2.85. The zero-order valence-corrected chi connectivity index (χ0v) is 19.6. The highest BCUT2D eigenvalue weighted by molar-refractivity contribution is 6.30. The van der Waals surface area contributed by atoms with E-state index in [1.54, 1.807) is 79.7 Å². The van der Waals surface area contributed by atoms with Crippen LogP contribution in [0.1, 0.15) is 36.2 Å². The van der Waals surface area contributed by atoms with Crippen molar-refractivity contribution in [3.8, 4) is 17.2 Å². The Bertz CT molecular complexity index is 1110. The van der Waals surface area contributed by atoms with Crippen LogP contribution in [0.15, 0.2) is 77.9 Å². The second-order valence-corrected chi connectivity index (χ2v) is 7.72. The molecule has 176 valence electrons. The molecular formula is C26H25ClN2O5. The summed E-state index contributed by atoms with van der Waals surface area (Å²) in [6, 6.07) is 20.2. The van der Waals surface area contributed by atoms with Crippen LogP contribution in [0.2, 0.25) is 5.02 Å². The van der Waals surface area contributed by atoms with Gasteiger partial charge >= 0.3 is 5.97 Å². The Morgan fingerprint density at radius 1 is 0.941 bits per heavy atom. The second-order valence-electron chi connectivity index (χ2n) is 7.28. The molecule has 1 atom stereocenters. The number of ether oxygens (including phenoxy) is 3. The van der Waals surface area contributed by atoms with Crippen molar-refractivity contribution in [2.45, 2.75) is 26.4 Å². The van der Waals surface area contributed by atoms with Crippen molar-refractivity contribution in [1.29, 1.82) is 0 Å². The first-order chi connectivity index (χ1) is 16.4. The van der Waals surface area contributed by atoms with Gasteiger partial charge in [0.1, 0.15) is 17.2 Å². The molecule has 0 spiro atoms. The molecule has 8 heteroatoms. The molecule has 7 nitrogen and oxygen atoms in total. The Morgan fingerprint density at radius 3 is 2.21 bits per heavy atom. The average Bonchev–Trinajstić information content (AvgIpc) is 2.85. The van der Waals surface area contributed by atoms with Gasteiger partial charge in [0.05, 0.1) is 18.4 Å². The summed E-state index contributed by atoms with van der Waals surface area (Å²) in [7, 11) is 0. The number of benzene rings is 3. The molecule has 0 aliphatic heterocycles. The summed E-state index contributed by atoms with van der Waals surface area (Å²) in [4.78, 5) is 24.5. The molecule has 34 heavy (non-hydrogen) atoms. The third-order valence-electron chi connectivity index (χ3n) is 4.54. The van der Waals surface area contributed by atoms with Gasteiger partial charge in [0.2, 0.25) is 0 Å². The van der Waals surface area contributed by atoms with Crippen LogP contribution >= 0.6 is 11.6 Å². The van der Waals surface area contributed by atoms with E-state index in [2.05, 4.69) is 10.5 Å². The Balaban J connectivity index is 1.47. The van der Waals surface area contributed by atoms with E-state index in [1.165, 1.54) is 6.21 Å². The lowest BCUT2D eigenvalue weighted by molar-refractivity contribution is -0.127. The Hall–Kier alpha value is -3.84. The molecule has 0 bridgehead atoms. The third-order valence-corrected chi connectivity index (χ3v) is 4.79. The quantitative estimate of drug-likeness (QED) is 0.185. The van der Waals surface area contributed by atoms with Crippen LogP contribution < -0.4 is 19.6 Å². The minimum Gasteiger partial charge on any atom is -0.494 e. The standard InChI is InChI=1S/C26H25ClN2O5/c1-3-16-32-22-12-6-20(7-13-22)26(31)34-24-10-4-19(5-11-24)17-28-29-25(30)18(2)33-23-14-8-21(27)9-15-23/h4-15,17-18H,3,16H2,1-2H3,(H,29,30)/b28-17-/t18-/m0/s1. The number of halogens is 1. The largest absolute Gasteiger partial charge is 0.494 e. The van der Waals surface area contributed by atoms with E-state index >= 15 is 0 Å². The highest BCUT2D eigenvalue weighted by Gasteiger charge is 2.14. The van der Waals surface area contributed by atoms with Gasteiger partial charge in [-0.1, -0.05) is 18.5 Å². The highest BCUT2D eigenvalue weighted by atomic mass is 35.5. The van der Waals surface area contributed by atoms with Crippen molar-refractivity contribution >= 4 is 29.7 Å². The molecule has 0 aliphatic rings. The lowest BCUT2D eigenvalue weighted by Gasteiger charge is -2.12. The molecule has 1 N–H and O–H groups in total. The van der Waals surface area contributed by atoms with Gasteiger partial charge in [0.25, 0.3) is 5.91 Å². The molecule has 3 rings (SSSR count). The number of nitrogens with zero attached hydrogens (tertiary/aromatic N) is 1. The van der Waals surface area contributed by atoms with Crippen molar-refractivity contribution in [3.63, 3.8) is 0 Å². The third kappa shape index (κ3) is 7.64. The number of hydrogen-bond acceptors (Lipinski definition) is 6. The monoisotopic (exact) mass is 480 g/mol. The first-order valence-corrected chi connectivity index (χ1v) is 11.1. The van der Waals surface area contributed by atoms with E-state index in [4.69, 9.17) is 25.8 Å². The molecule has 0 aromatic heterocycles. The van der Waals surface area contributed by atoms with E-state index in [9.17, 15) is 9.59 Å². The van der Waals surface area contributed by atoms with Crippen LogP contribution in [0, 0.1) is 0 Å². The molecular weight excluding hydrogens is 456 g/mol. The van der Waals surface area contributed by atoms with Crippen LogP contribution in [-0.4, -0.2) is 30.8 Å². The molecule has 0 radical (unpaired) electrons. The summed E-state index contributed by atoms with van der Waals surface area (Å²) >= 11 is 5.84. The number of hydrogen-bond donors (Lipinski definition) is 1. The zero-order valence-electron chi connectivity index (χ0n) is 18.9. The van der Waals surface area contributed by atoms with Gasteiger partial charge in [-0.05, 0) is 91.7 Å². The molecule has 0 unspecified atom stereocenters. The van der Waals surface area contributed by atoms with Gasteiger partial charge in [-0.2, -0.15) is 5.10 Å². The summed E-state index contributed by atoms with van der Waals surface area (Å²) in [5, 5.41) is 4.53. The average molecular weight is 481 g/mol. The Kier molecular flexibility index (Phi) is 9.05. The number of nitrogens with one attached hydrogen (secondary N) is 1. The molecule has 3 aromatic rings. The predicted molar refractivity (Wildman–Crippen MR) is 131 cm³/mol. The van der Waals surface area contributed by atoms with E-state index in [1.807, 2.05) is 6.92 Å². The molecule has 3 aromatic carbocycles. The fourth-order valence-electron chi connectivity index (χ4n) is 2.73. The van der Waals surface area contributed by atoms with Gasteiger partial charge in [-0.25, -0.2) is 10.2 Å². The fraction of sp³-hybridized carbons (Fsp3) is 0.192. The van der Waals surface area contributed by atoms with Gasteiger partial charge < -0.3 is 14.2 Å². The summed E-state index contributed by atoms with van der Waals surface area (Å²) in [5.41, 5.74) is 3.57. The van der Waals surface area contributed by atoms with Crippen molar-refractivity contribution in [3.05, 3.63) is 88.9 Å². The number of amides is 1. The minimum atomic E-state index is -0.743. The van der Waals surface area contributed by atoms with Crippen LogP contribution in [0.25, 0.3) is 0 Å². The first kappa shape index (κ1) is 24.8. The lowest BCUT2D eigenvalue weighted by Crippen LogP contribution is -2.33. The van der Waals surface area contributed by atoms with E-state index < -0.39 is 18.0 Å². The molecule has 0 fully saturated rings. The van der Waals surface area contributed by atoms with Gasteiger partial charge in [-0.15, -0.1) is 0 Å². The normalized spacial score (nSPS) is 11.6. The highest BCUT2D eigenvalue weighted by Crippen LogP contribution is 2.18. The van der Waals surface area contributed by atoms with Gasteiger partial charge in [-0.3, -0.25) is 4.79 Å². The van der Waals surface area contributed by atoms with Crippen molar-refractivity contribution in [2.24, 2.45) is 5.10 Å². The number of carbonyl (C=O) groups is 2. The van der Waals surface area contributed by atoms with Crippen LogP contribution in [0.3, 0.4) is 0 Å².